The average Bonchev–Trinajstić information content (AvgIpc) is 3.40. The molecule has 1 aromatic carbocycles. The van der Waals surface area contributed by atoms with E-state index in [0.29, 0.717) is 24.5 Å². The van der Waals surface area contributed by atoms with Gasteiger partial charge < -0.3 is 19.5 Å². The number of aromatic nitrogens is 1. The van der Waals surface area contributed by atoms with Crippen LogP contribution in [0.2, 0.25) is 0 Å². The number of halogens is 1. The number of alkyl carbamates (subject to hydrolysis) is 1. The third-order valence-corrected chi connectivity index (χ3v) is 5.47. The van der Waals surface area contributed by atoms with Gasteiger partial charge in [0.1, 0.15) is 17.8 Å². The van der Waals surface area contributed by atoms with Crippen molar-refractivity contribution < 1.29 is 23.2 Å². The van der Waals surface area contributed by atoms with Gasteiger partial charge in [-0.05, 0) is 12.5 Å². The van der Waals surface area contributed by atoms with E-state index in [0.717, 1.165) is 0 Å². The number of alkyl halides is 1. The molecule has 3 heterocycles. The highest BCUT2D eigenvalue weighted by Crippen LogP contribution is 2.32. The van der Waals surface area contributed by atoms with Crippen molar-refractivity contribution in [1.82, 2.24) is 20.9 Å². The predicted octanol–water partition coefficient (Wildman–Crippen LogP) is 1.19. The molecule has 2 aliphatic rings. The Labute approximate surface area is 166 Å². The highest BCUT2D eigenvalue weighted by Gasteiger charge is 2.48. The van der Waals surface area contributed by atoms with Gasteiger partial charge in [-0.25, -0.2) is 14.2 Å². The molecule has 2 saturated heterocycles. The quantitative estimate of drug-likeness (QED) is 0.724. The maximum absolute atomic E-state index is 14.7. The topological polar surface area (TPSA) is 99.9 Å². The third-order valence-electron chi connectivity index (χ3n) is 5.47. The maximum atomic E-state index is 14.7. The van der Waals surface area contributed by atoms with Gasteiger partial charge in [-0.1, -0.05) is 35.5 Å². The van der Waals surface area contributed by atoms with E-state index in [2.05, 4.69) is 15.9 Å². The summed E-state index contributed by atoms with van der Waals surface area (Å²) in [7, 11) is 0. The van der Waals surface area contributed by atoms with Crippen LogP contribution in [0.25, 0.3) is 0 Å². The molecule has 9 nitrogen and oxygen atoms in total. The highest BCUT2D eigenvalue weighted by molar-refractivity contribution is 5.89. The number of hydrogen-bond acceptors (Lipinski definition) is 7. The molecule has 3 unspecified atom stereocenters. The number of hydrogen-bond donors (Lipinski definition) is 2. The van der Waals surface area contributed by atoms with E-state index in [4.69, 9.17) is 9.26 Å². The van der Waals surface area contributed by atoms with Crippen LogP contribution < -0.4 is 15.6 Å². The van der Waals surface area contributed by atoms with Crippen molar-refractivity contribution in [1.29, 1.82) is 0 Å². The van der Waals surface area contributed by atoms with E-state index < -0.39 is 23.9 Å². The van der Waals surface area contributed by atoms with Crippen LogP contribution in [-0.2, 0) is 14.9 Å². The van der Waals surface area contributed by atoms with Crippen molar-refractivity contribution in [3.05, 3.63) is 48.2 Å². The summed E-state index contributed by atoms with van der Waals surface area (Å²) in [6.45, 7) is 2.62. The summed E-state index contributed by atoms with van der Waals surface area (Å²) in [6, 6.07) is 10.7. The van der Waals surface area contributed by atoms with Crippen molar-refractivity contribution in [2.45, 2.75) is 24.7 Å². The minimum atomic E-state index is -1.36. The molecule has 29 heavy (non-hydrogen) atoms. The lowest BCUT2D eigenvalue weighted by Gasteiger charge is -2.40. The first-order valence-electron chi connectivity index (χ1n) is 9.35. The summed E-state index contributed by atoms with van der Waals surface area (Å²) in [5.74, 6) is 0.0498. The molecule has 0 saturated carbocycles. The molecule has 3 atom stereocenters. The predicted molar refractivity (Wildman–Crippen MR) is 101 cm³/mol. The number of hydrazine groups is 1. The summed E-state index contributed by atoms with van der Waals surface area (Å²) >= 11 is 0. The second-order valence-corrected chi connectivity index (χ2v) is 7.22. The van der Waals surface area contributed by atoms with Crippen molar-refractivity contribution in [2.75, 3.05) is 31.1 Å². The number of piperazine rings is 1. The fourth-order valence-corrected chi connectivity index (χ4v) is 3.67. The standard InChI is InChI=1S/C19H22FN5O4/c1-19(13-5-3-2-4-6-13,14-11-21-18(27)29-14)17(26)22-24-8-9-25(15(20)12-24)16-7-10-28-23-16/h2-7,10,14-15H,8-9,11-12H2,1H3,(H,21,27)(H,22,26). The molecule has 2 aromatic rings. The van der Waals surface area contributed by atoms with E-state index in [1.165, 1.54) is 16.2 Å². The normalized spacial score (nSPS) is 24.5. The Balaban J connectivity index is 1.49. The molecule has 0 radical (unpaired) electrons. The van der Waals surface area contributed by atoms with Crippen molar-refractivity contribution in [3.63, 3.8) is 0 Å². The fraction of sp³-hybridized carbons (Fsp3) is 0.421. The highest BCUT2D eigenvalue weighted by atomic mass is 19.1. The number of benzene rings is 1. The van der Waals surface area contributed by atoms with E-state index in [1.807, 2.05) is 30.3 Å². The largest absolute Gasteiger partial charge is 0.443 e. The van der Waals surface area contributed by atoms with Crippen molar-refractivity contribution in [2.24, 2.45) is 0 Å². The number of ether oxygens (including phenoxy) is 1. The number of amides is 2. The molecule has 2 amide bonds. The van der Waals surface area contributed by atoms with Gasteiger partial charge in [-0.2, -0.15) is 0 Å². The molecule has 0 bridgehead atoms. The Kier molecular flexibility index (Phi) is 5.10. The Hall–Kier alpha value is -3.14. The van der Waals surface area contributed by atoms with Gasteiger partial charge in [-0.3, -0.25) is 10.2 Å². The average molecular weight is 403 g/mol. The van der Waals surface area contributed by atoms with E-state index in [9.17, 15) is 14.0 Å². The zero-order valence-corrected chi connectivity index (χ0v) is 15.9. The summed E-state index contributed by atoms with van der Waals surface area (Å²) in [6.07, 6.45) is -1.22. The van der Waals surface area contributed by atoms with Crippen molar-refractivity contribution in [3.8, 4) is 0 Å². The van der Waals surface area contributed by atoms with Crippen LogP contribution >= 0.6 is 0 Å². The minimum Gasteiger partial charge on any atom is -0.443 e. The van der Waals surface area contributed by atoms with E-state index in [1.54, 1.807) is 13.0 Å². The number of anilines is 1. The van der Waals surface area contributed by atoms with Crippen LogP contribution in [0.3, 0.4) is 0 Å². The first kappa shape index (κ1) is 19.2. The number of cyclic esters (lactones) is 1. The number of nitrogens with one attached hydrogen (secondary N) is 2. The number of nitrogens with zero attached hydrogens (tertiary/aromatic N) is 3. The van der Waals surface area contributed by atoms with Crippen LogP contribution in [0.1, 0.15) is 12.5 Å². The fourth-order valence-electron chi connectivity index (χ4n) is 3.67. The Bertz CT molecular complexity index is 865. The van der Waals surface area contributed by atoms with Crippen LogP contribution in [0.15, 0.2) is 47.2 Å². The smallest absolute Gasteiger partial charge is 0.407 e. The molecule has 2 fully saturated rings. The Morgan fingerprint density at radius 3 is 2.72 bits per heavy atom. The number of carbonyl (C=O) groups is 2. The first-order chi connectivity index (χ1) is 14.0. The van der Waals surface area contributed by atoms with E-state index >= 15 is 0 Å². The van der Waals surface area contributed by atoms with Crippen LogP contribution in [0.5, 0.6) is 0 Å². The lowest BCUT2D eigenvalue weighted by atomic mass is 9.76. The summed E-state index contributed by atoms with van der Waals surface area (Å²) < 4.78 is 24.8. The molecule has 2 aliphatic heterocycles. The zero-order valence-electron chi connectivity index (χ0n) is 15.9. The van der Waals surface area contributed by atoms with Gasteiger partial charge in [0.2, 0.25) is 5.91 Å². The molecule has 0 aliphatic carbocycles. The molecular formula is C19H22FN5O4. The van der Waals surface area contributed by atoms with E-state index in [-0.39, 0.29) is 19.0 Å². The van der Waals surface area contributed by atoms with Gasteiger partial charge >= 0.3 is 6.09 Å². The molecule has 154 valence electrons. The molecule has 0 spiro atoms. The number of rotatable bonds is 5. The molecule has 10 heteroatoms. The van der Waals surface area contributed by atoms with Gasteiger partial charge in [0, 0.05) is 19.2 Å². The lowest BCUT2D eigenvalue weighted by Crippen LogP contribution is -2.61. The van der Waals surface area contributed by atoms with Gasteiger partial charge in [0.05, 0.1) is 13.1 Å². The molecule has 2 N–H and O–H groups in total. The first-order valence-corrected chi connectivity index (χ1v) is 9.35. The molecule has 1 aromatic heterocycles. The maximum Gasteiger partial charge on any atom is 0.407 e. The Morgan fingerprint density at radius 1 is 1.31 bits per heavy atom. The number of carbonyl (C=O) groups excluding carboxylic acids is 2. The molecule has 4 rings (SSSR count). The van der Waals surface area contributed by atoms with Crippen molar-refractivity contribution >= 4 is 17.8 Å². The second kappa shape index (κ2) is 7.70. The van der Waals surface area contributed by atoms with Gasteiger partial charge in [0.15, 0.2) is 12.1 Å². The second-order valence-electron chi connectivity index (χ2n) is 7.22. The minimum absolute atomic E-state index is 0.0355. The zero-order chi connectivity index (χ0) is 20.4. The van der Waals surface area contributed by atoms with Gasteiger partial charge in [-0.15, -0.1) is 0 Å². The van der Waals surface area contributed by atoms with Crippen LogP contribution in [-0.4, -0.2) is 60.7 Å². The van der Waals surface area contributed by atoms with Crippen LogP contribution in [0.4, 0.5) is 15.0 Å². The summed E-state index contributed by atoms with van der Waals surface area (Å²) in [4.78, 5) is 26.4. The lowest BCUT2D eigenvalue weighted by molar-refractivity contribution is -0.135. The SMILES string of the molecule is CC(C(=O)NN1CCN(c2ccon2)C(F)C1)(c1ccccc1)C1CNC(=O)O1. The molecular weight excluding hydrogens is 381 g/mol. The summed E-state index contributed by atoms with van der Waals surface area (Å²) in [5.41, 5.74) is 2.37. The van der Waals surface area contributed by atoms with Gasteiger partial charge in [0.25, 0.3) is 0 Å². The Morgan fingerprint density at radius 2 is 2.10 bits per heavy atom. The monoisotopic (exact) mass is 403 g/mol. The summed E-state index contributed by atoms with van der Waals surface area (Å²) in [5, 5.41) is 7.90. The third kappa shape index (κ3) is 3.63. The van der Waals surface area contributed by atoms with Crippen LogP contribution in [0, 0.1) is 0 Å².